The number of fused-ring (bicyclic) bond motifs is 2. The third-order valence-electron chi connectivity index (χ3n) is 7.02. The van der Waals surface area contributed by atoms with Crippen LogP contribution in [-0.2, 0) is 12.8 Å². The molecule has 1 amide bonds. The summed E-state index contributed by atoms with van der Waals surface area (Å²) in [5.41, 5.74) is 4.17. The monoisotopic (exact) mass is 431 g/mol. The minimum Gasteiger partial charge on any atom is -0.342 e. The van der Waals surface area contributed by atoms with Crippen LogP contribution in [-0.4, -0.2) is 61.9 Å². The molecule has 2 aromatic heterocycles. The lowest BCUT2D eigenvalue weighted by atomic mass is 10.0. The van der Waals surface area contributed by atoms with Crippen molar-refractivity contribution in [2.24, 2.45) is 11.8 Å². The molecular weight excluding hydrogens is 406 g/mol. The fraction of sp³-hybridized carbons (Fsp3) is 0.435. The maximum atomic E-state index is 13.5. The number of aromatic amines is 1. The first-order valence-corrected chi connectivity index (χ1v) is 11.2. The van der Waals surface area contributed by atoms with E-state index in [4.69, 9.17) is 4.98 Å². The van der Waals surface area contributed by atoms with Gasteiger partial charge in [-0.15, -0.1) is 0 Å². The molecule has 2 fully saturated rings. The number of hydrogen-bond acceptors (Lipinski definition) is 6. The molecule has 9 heteroatoms. The van der Waals surface area contributed by atoms with Crippen LogP contribution in [0.3, 0.4) is 0 Å². The van der Waals surface area contributed by atoms with Gasteiger partial charge >= 0.3 is 0 Å². The van der Waals surface area contributed by atoms with E-state index in [1.807, 2.05) is 30.0 Å². The van der Waals surface area contributed by atoms with Crippen LogP contribution in [0.2, 0.25) is 0 Å². The first-order chi connectivity index (χ1) is 15.6. The third-order valence-corrected chi connectivity index (χ3v) is 7.02. The Morgan fingerprint density at radius 3 is 2.56 bits per heavy atom. The highest BCUT2D eigenvalue weighted by atomic mass is 16.2. The molecule has 3 aliphatic rings. The van der Waals surface area contributed by atoms with Gasteiger partial charge in [0.15, 0.2) is 0 Å². The number of H-pyrrole nitrogens is 1. The molecule has 32 heavy (non-hydrogen) atoms. The van der Waals surface area contributed by atoms with Crippen LogP contribution in [0.1, 0.15) is 33.6 Å². The SMILES string of the molecule is Cc1ccc(-n2nccn2)c(C(=O)N2CC3CN(c4nc5c(c(=O)[nH]4)CCC5)CC3C2)c1. The zero-order chi connectivity index (χ0) is 21.8. The van der Waals surface area contributed by atoms with Crippen molar-refractivity contribution >= 4 is 11.9 Å². The molecule has 2 atom stereocenters. The van der Waals surface area contributed by atoms with Crippen molar-refractivity contribution in [1.82, 2.24) is 29.9 Å². The van der Waals surface area contributed by atoms with Gasteiger partial charge in [-0.3, -0.25) is 14.6 Å². The Bertz CT molecular complexity index is 1240. The van der Waals surface area contributed by atoms with Gasteiger partial charge in [0.2, 0.25) is 5.95 Å². The van der Waals surface area contributed by atoms with Crippen LogP contribution in [0, 0.1) is 18.8 Å². The highest BCUT2D eigenvalue weighted by Crippen LogP contribution is 2.34. The van der Waals surface area contributed by atoms with E-state index in [9.17, 15) is 9.59 Å². The van der Waals surface area contributed by atoms with Crippen molar-refractivity contribution in [2.45, 2.75) is 26.2 Å². The highest BCUT2D eigenvalue weighted by molar-refractivity contribution is 5.98. The number of carbonyl (C=O) groups excluding carboxylic acids is 1. The first kappa shape index (κ1) is 19.2. The number of aromatic nitrogens is 5. The van der Waals surface area contributed by atoms with E-state index in [2.05, 4.69) is 20.1 Å². The molecule has 4 heterocycles. The maximum absolute atomic E-state index is 13.5. The molecule has 2 saturated heterocycles. The number of benzene rings is 1. The summed E-state index contributed by atoms with van der Waals surface area (Å²) in [5.74, 6) is 1.45. The molecular formula is C23H25N7O2. The number of nitrogens with one attached hydrogen (secondary N) is 1. The standard InChI is InChI=1S/C23H25N7O2/c1-14-5-6-20(30-24-7-8-25-30)18(9-14)22(32)28-10-15-12-29(13-16(15)11-28)23-26-19-4-2-3-17(19)21(31)27-23/h5-9,15-16H,2-4,10-13H2,1H3,(H,26,27,31). The van der Waals surface area contributed by atoms with Gasteiger partial charge in [-0.1, -0.05) is 11.6 Å². The normalized spacial score (nSPS) is 21.8. The van der Waals surface area contributed by atoms with Crippen LogP contribution in [0.25, 0.3) is 5.69 Å². The van der Waals surface area contributed by atoms with E-state index >= 15 is 0 Å². The fourth-order valence-corrected chi connectivity index (χ4v) is 5.42. The molecule has 1 aliphatic carbocycles. The lowest BCUT2D eigenvalue weighted by molar-refractivity contribution is 0.0782. The molecule has 3 aromatic rings. The van der Waals surface area contributed by atoms with Crippen LogP contribution in [0.15, 0.2) is 35.4 Å². The molecule has 9 nitrogen and oxygen atoms in total. The Balaban J connectivity index is 1.20. The molecule has 0 saturated carbocycles. The van der Waals surface area contributed by atoms with E-state index in [-0.39, 0.29) is 11.5 Å². The van der Waals surface area contributed by atoms with Crippen LogP contribution >= 0.6 is 0 Å². The van der Waals surface area contributed by atoms with E-state index in [1.54, 1.807) is 12.4 Å². The number of carbonyl (C=O) groups is 1. The largest absolute Gasteiger partial charge is 0.342 e. The molecule has 2 aliphatic heterocycles. The van der Waals surface area contributed by atoms with Gasteiger partial charge in [0.25, 0.3) is 11.5 Å². The van der Waals surface area contributed by atoms with E-state index in [0.29, 0.717) is 42.1 Å². The Kier molecular flexibility index (Phi) is 4.38. The number of nitrogens with zero attached hydrogens (tertiary/aromatic N) is 6. The van der Waals surface area contributed by atoms with Crippen LogP contribution < -0.4 is 10.5 Å². The minimum atomic E-state index is 0.00979. The molecule has 0 radical (unpaired) electrons. The lowest BCUT2D eigenvalue weighted by Crippen LogP contribution is -2.35. The zero-order valence-corrected chi connectivity index (χ0v) is 18.0. The average molecular weight is 432 g/mol. The van der Waals surface area contributed by atoms with Crippen molar-refractivity contribution in [3.8, 4) is 5.69 Å². The smallest absolute Gasteiger partial charge is 0.256 e. The van der Waals surface area contributed by atoms with Crippen molar-refractivity contribution in [3.63, 3.8) is 0 Å². The van der Waals surface area contributed by atoms with Crippen molar-refractivity contribution < 1.29 is 4.79 Å². The number of hydrogen-bond donors (Lipinski definition) is 1. The molecule has 0 spiro atoms. The Labute approximate surface area is 185 Å². The fourth-order valence-electron chi connectivity index (χ4n) is 5.42. The second-order valence-electron chi connectivity index (χ2n) is 9.14. The number of anilines is 1. The second-order valence-corrected chi connectivity index (χ2v) is 9.14. The van der Waals surface area contributed by atoms with Gasteiger partial charge in [-0.2, -0.15) is 15.0 Å². The van der Waals surface area contributed by atoms with Gasteiger partial charge in [0.05, 0.1) is 29.3 Å². The van der Waals surface area contributed by atoms with Crippen LogP contribution in [0.5, 0.6) is 0 Å². The first-order valence-electron chi connectivity index (χ1n) is 11.2. The number of rotatable bonds is 3. The number of likely N-dealkylation sites (tertiary alicyclic amines) is 1. The second kappa shape index (κ2) is 7.29. The van der Waals surface area contributed by atoms with Crippen molar-refractivity contribution in [1.29, 1.82) is 0 Å². The molecule has 1 aromatic carbocycles. The van der Waals surface area contributed by atoms with Gasteiger partial charge < -0.3 is 9.80 Å². The van der Waals surface area contributed by atoms with E-state index in [0.717, 1.165) is 49.2 Å². The van der Waals surface area contributed by atoms with Gasteiger partial charge in [-0.05, 0) is 38.3 Å². The van der Waals surface area contributed by atoms with Crippen molar-refractivity contribution in [2.75, 3.05) is 31.1 Å². The summed E-state index contributed by atoms with van der Waals surface area (Å²) in [5, 5.41) is 8.42. The highest BCUT2D eigenvalue weighted by Gasteiger charge is 2.43. The minimum absolute atomic E-state index is 0.00979. The maximum Gasteiger partial charge on any atom is 0.256 e. The van der Waals surface area contributed by atoms with Gasteiger partial charge in [0.1, 0.15) is 0 Å². The molecule has 6 rings (SSSR count). The molecule has 0 bridgehead atoms. The molecule has 2 unspecified atom stereocenters. The van der Waals surface area contributed by atoms with E-state index in [1.165, 1.54) is 4.80 Å². The Morgan fingerprint density at radius 2 is 1.81 bits per heavy atom. The summed E-state index contributed by atoms with van der Waals surface area (Å²) in [4.78, 5) is 39.2. The Hall–Kier alpha value is -3.49. The van der Waals surface area contributed by atoms with Gasteiger partial charge in [0, 0.05) is 43.6 Å². The summed E-state index contributed by atoms with van der Waals surface area (Å²) in [6, 6.07) is 5.79. The van der Waals surface area contributed by atoms with Gasteiger partial charge in [-0.25, -0.2) is 4.98 Å². The summed E-state index contributed by atoms with van der Waals surface area (Å²) in [7, 11) is 0. The quantitative estimate of drug-likeness (QED) is 0.672. The van der Waals surface area contributed by atoms with Crippen LogP contribution in [0.4, 0.5) is 5.95 Å². The summed E-state index contributed by atoms with van der Waals surface area (Å²) in [6.07, 6.45) is 5.95. The third kappa shape index (κ3) is 3.11. The average Bonchev–Trinajstić information content (AvgIpc) is 3.56. The molecule has 164 valence electrons. The predicted molar refractivity (Wildman–Crippen MR) is 118 cm³/mol. The predicted octanol–water partition coefficient (Wildman–Crippen LogP) is 1.36. The summed E-state index contributed by atoms with van der Waals surface area (Å²) < 4.78 is 0. The molecule has 1 N–H and O–H groups in total. The number of aryl methyl sites for hydroxylation is 2. The Morgan fingerprint density at radius 1 is 1.06 bits per heavy atom. The lowest BCUT2D eigenvalue weighted by Gasteiger charge is -2.23. The summed E-state index contributed by atoms with van der Waals surface area (Å²) >= 11 is 0. The summed E-state index contributed by atoms with van der Waals surface area (Å²) in [6.45, 7) is 5.00. The number of amides is 1. The topological polar surface area (TPSA) is 100 Å². The van der Waals surface area contributed by atoms with E-state index < -0.39 is 0 Å². The van der Waals surface area contributed by atoms with Crippen molar-refractivity contribution in [3.05, 3.63) is 63.3 Å². The zero-order valence-electron chi connectivity index (χ0n) is 18.0.